The molecule has 0 spiro atoms. The van der Waals surface area contributed by atoms with Crippen molar-refractivity contribution in [1.29, 1.82) is 0 Å². The molecular weight excluding hydrogens is 516 g/mol. The van der Waals surface area contributed by atoms with E-state index in [4.69, 9.17) is 27.9 Å². The van der Waals surface area contributed by atoms with Crippen LogP contribution in [0.1, 0.15) is 60.1 Å². The molecule has 4 N–H and O–H groups in total. The van der Waals surface area contributed by atoms with Crippen LogP contribution in [0.5, 0.6) is 5.75 Å². The van der Waals surface area contributed by atoms with Gasteiger partial charge in [0.05, 0.1) is 11.4 Å². The van der Waals surface area contributed by atoms with Gasteiger partial charge in [-0.05, 0) is 59.2 Å². The van der Waals surface area contributed by atoms with E-state index in [0.717, 1.165) is 63.7 Å². The lowest BCUT2D eigenvalue weighted by molar-refractivity contribution is 0.220. The number of nitrogens with zero attached hydrogens (tertiary/aromatic N) is 2. The van der Waals surface area contributed by atoms with E-state index >= 15 is 0 Å². The van der Waals surface area contributed by atoms with Crippen LogP contribution in [-0.4, -0.2) is 25.1 Å². The van der Waals surface area contributed by atoms with Gasteiger partial charge >= 0.3 is 0 Å². The fourth-order valence-electron chi connectivity index (χ4n) is 6.16. The second-order valence-corrected chi connectivity index (χ2v) is 12.7. The quantitative estimate of drug-likeness (QED) is 0.151. The summed E-state index contributed by atoms with van der Waals surface area (Å²) >= 11 is 6.70. The van der Waals surface area contributed by atoms with Crippen molar-refractivity contribution in [2.45, 2.75) is 53.6 Å². The van der Waals surface area contributed by atoms with Gasteiger partial charge in [-0.1, -0.05) is 80.9 Å². The first-order valence-electron chi connectivity index (χ1n) is 14.0. The molecule has 210 valence electrons. The molecule has 5 nitrogen and oxygen atoms in total. The number of nitrogens with two attached hydrogens (primary N) is 2. The van der Waals surface area contributed by atoms with Gasteiger partial charge in [0.25, 0.3) is 0 Å². The number of hydrazine groups is 1. The third-order valence-corrected chi connectivity index (χ3v) is 8.57. The number of anilines is 2. The molecule has 0 aromatic heterocycles. The Morgan fingerprint density at radius 2 is 1.75 bits per heavy atom. The summed E-state index contributed by atoms with van der Waals surface area (Å²) in [5, 5.41) is 4.48. The highest BCUT2D eigenvalue weighted by molar-refractivity contribution is 6.36. The smallest absolute Gasteiger partial charge is 0.131 e. The number of aryl methyl sites for hydroxylation is 1. The first-order valence-corrected chi connectivity index (χ1v) is 14.4. The molecule has 0 fully saturated rings. The number of benzene rings is 4. The van der Waals surface area contributed by atoms with Gasteiger partial charge in [-0.25, -0.2) is 5.84 Å². The van der Waals surface area contributed by atoms with Gasteiger partial charge in [-0.2, -0.15) is 0 Å². The molecule has 0 saturated heterocycles. The van der Waals surface area contributed by atoms with E-state index in [1.807, 2.05) is 25.2 Å². The Morgan fingerprint density at radius 3 is 2.45 bits per heavy atom. The number of hydrogen-bond acceptors (Lipinski definition) is 5. The number of hydrogen-bond donors (Lipinski definition) is 2. The molecule has 0 radical (unpaired) electrons. The number of fused-ring (bicyclic) bond motifs is 3. The minimum atomic E-state index is -0.0208. The van der Waals surface area contributed by atoms with Crippen LogP contribution < -0.4 is 21.3 Å². The SMILES string of the molecule is Cc1ccc(C(c2ccc(N(C)N)c(N)c2C)C(C)(C)C)cc1CN1CCOc2c(cc(Cl)c3ccccc23)C1. The van der Waals surface area contributed by atoms with Gasteiger partial charge in [0, 0.05) is 54.0 Å². The third kappa shape index (κ3) is 5.38. The van der Waals surface area contributed by atoms with Crippen LogP contribution in [0.15, 0.2) is 60.7 Å². The average Bonchev–Trinajstić information content (AvgIpc) is 3.09. The van der Waals surface area contributed by atoms with Gasteiger partial charge in [0.15, 0.2) is 0 Å². The Bertz CT molecular complexity index is 1560. The van der Waals surface area contributed by atoms with Gasteiger partial charge < -0.3 is 15.5 Å². The number of halogens is 1. The fourth-order valence-corrected chi connectivity index (χ4v) is 6.45. The minimum Gasteiger partial charge on any atom is -0.491 e. The standard InChI is InChI=1S/C34H41ClN4O/c1-21-11-12-23(31(34(3,4)5)26-13-14-30(38(6)37)32(36)22(26)2)17-24(21)19-39-15-16-40-33-25(20-39)18-29(35)27-9-7-8-10-28(27)33/h7-14,17-18,31H,15-16,19-20,36-37H2,1-6H3. The monoisotopic (exact) mass is 556 g/mol. The van der Waals surface area contributed by atoms with Crippen LogP contribution in [0, 0.1) is 19.3 Å². The number of nitrogen functional groups attached to an aromatic ring is 1. The zero-order chi connectivity index (χ0) is 28.8. The molecule has 1 aliphatic rings. The summed E-state index contributed by atoms with van der Waals surface area (Å²) in [5.41, 5.74) is 15.5. The van der Waals surface area contributed by atoms with Gasteiger partial charge in [-0.15, -0.1) is 0 Å². The summed E-state index contributed by atoms with van der Waals surface area (Å²) in [6.07, 6.45) is 0. The lowest BCUT2D eigenvalue weighted by atomic mass is 9.71. The van der Waals surface area contributed by atoms with Crippen molar-refractivity contribution >= 4 is 33.7 Å². The van der Waals surface area contributed by atoms with Crippen molar-refractivity contribution in [2.24, 2.45) is 11.3 Å². The van der Waals surface area contributed by atoms with Gasteiger partial charge in [0.1, 0.15) is 12.4 Å². The normalized spacial score (nSPS) is 14.9. The lowest BCUT2D eigenvalue weighted by Gasteiger charge is -2.34. The zero-order valence-corrected chi connectivity index (χ0v) is 25.3. The summed E-state index contributed by atoms with van der Waals surface area (Å²) < 4.78 is 6.31. The van der Waals surface area contributed by atoms with Crippen molar-refractivity contribution in [3.63, 3.8) is 0 Å². The molecule has 40 heavy (non-hydrogen) atoms. The predicted molar refractivity (Wildman–Crippen MR) is 169 cm³/mol. The Balaban J connectivity index is 1.49. The summed E-state index contributed by atoms with van der Waals surface area (Å²) in [7, 11) is 1.82. The minimum absolute atomic E-state index is 0.0208. The van der Waals surface area contributed by atoms with E-state index in [-0.39, 0.29) is 11.3 Å². The third-order valence-electron chi connectivity index (χ3n) is 8.26. The number of ether oxygens (including phenoxy) is 1. The molecule has 6 heteroatoms. The van der Waals surface area contributed by atoms with Crippen LogP contribution in [0.2, 0.25) is 5.02 Å². The van der Waals surface area contributed by atoms with Gasteiger partial charge in [-0.3, -0.25) is 4.90 Å². The summed E-state index contributed by atoms with van der Waals surface area (Å²) in [5.74, 6) is 7.17. The Morgan fingerprint density at radius 1 is 1.02 bits per heavy atom. The molecule has 1 aliphatic heterocycles. The van der Waals surface area contributed by atoms with Crippen LogP contribution in [0.3, 0.4) is 0 Å². The van der Waals surface area contributed by atoms with Crippen molar-refractivity contribution in [1.82, 2.24) is 4.90 Å². The van der Waals surface area contributed by atoms with E-state index < -0.39 is 0 Å². The van der Waals surface area contributed by atoms with Crippen LogP contribution in [0.4, 0.5) is 11.4 Å². The molecule has 5 rings (SSSR count). The summed E-state index contributed by atoms with van der Waals surface area (Å²) in [6.45, 7) is 14.3. The van der Waals surface area contributed by atoms with Crippen LogP contribution in [0.25, 0.3) is 10.8 Å². The van der Waals surface area contributed by atoms with Crippen molar-refractivity contribution in [2.75, 3.05) is 30.9 Å². The van der Waals surface area contributed by atoms with Gasteiger partial charge in [0.2, 0.25) is 0 Å². The largest absolute Gasteiger partial charge is 0.491 e. The molecule has 0 bridgehead atoms. The summed E-state index contributed by atoms with van der Waals surface area (Å²) in [6, 6.07) is 21.5. The first-order chi connectivity index (χ1) is 19.0. The topological polar surface area (TPSA) is 67.8 Å². The molecule has 4 aromatic carbocycles. The molecule has 4 aromatic rings. The van der Waals surface area contributed by atoms with Crippen LogP contribution in [-0.2, 0) is 13.1 Å². The first kappa shape index (κ1) is 28.3. The van der Waals surface area contributed by atoms with Crippen molar-refractivity contribution in [3.8, 4) is 5.75 Å². The maximum absolute atomic E-state index is 6.70. The predicted octanol–water partition coefficient (Wildman–Crippen LogP) is 7.57. The molecule has 0 amide bonds. The highest BCUT2D eigenvalue weighted by Crippen LogP contribution is 2.45. The molecule has 1 atom stereocenters. The molecule has 0 aliphatic carbocycles. The highest BCUT2D eigenvalue weighted by Gasteiger charge is 2.31. The molecule has 1 unspecified atom stereocenters. The van der Waals surface area contributed by atoms with Crippen molar-refractivity contribution in [3.05, 3.63) is 99.1 Å². The molecular formula is C34H41ClN4O. The second-order valence-electron chi connectivity index (χ2n) is 12.3. The van der Waals surface area contributed by atoms with Crippen molar-refractivity contribution < 1.29 is 4.74 Å². The van der Waals surface area contributed by atoms with E-state index in [1.54, 1.807) is 5.01 Å². The van der Waals surface area contributed by atoms with E-state index in [1.165, 1.54) is 22.3 Å². The van der Waals surface area contributed by atoms with E-state index in [2.05, 4.69) is 82.0 Å². The fraction of sp³-hybridized carbons (Fsp3) is 0.353. The second kappa shape index (κ2) is 11.0. The molecule has 0 saturated carbocycles. The summed E-state index contributed by atoms with van der Waals surface area (Å²) in [4.78, 5) is 2.46. The van der Waals surface area contributed by atoms with E-state index in [0.29, 0.717) is 6.61 Å². The zero-order valence-electron chi connectivity index (χ0n) is 24.5. The maximum Gasteiger partial charge on any atom is 0.131 e. The maximum atomic E-state index is 6.70. The Hall–Kier alpha value is -3.25. The average molecular weight is 557 g/mol. The number of rotatable bonds is 5. The molecule has 1 heterocycles. The van der Waals surface area contributed by atoms with Crippen LogP contribution >= 0.6 is 11.6 Å². The highest BCUT2D eigenvalue weighted by atomic mass is 35.5. The van der Waals surface area contributed by atoms with E-state index in [9.17, 15) is 0 Å². The lowest BCUT2D eigenvalue weighted by Crippen LogP contribution is -2.27. The Kier molecular flexibility index (Phi) is 7.75. The Labute approximate surface area is 243 Å².